The highest BCUT2D eigenvalue weighted by atomic mass is 16.2. The van der Waals surface area contributed by atoms with Crippen molar-refractivity contribution in [3.05, 3.63) is 35.9 Å². The van der Waals surface area contributed by atoms with Crippen molar-refractivity contribution in [1.82, 2.24) is 10.6 Å². The fourth-order valence-electron chi connectivity index (χ4n) is 1.23. The minimum absolute atomic E-state index is 0.152. The van der Waals surface area contributed by atoms with Gasteiger partial charge in [-0.3, -0.25) is 0 Å². The Balaban J connectivity index is 2.19. The van der Waals surface area contributed by atoms with Gasteiger partial charge in [0.2, 0.25) is 0 Å². The molecule has 90 valence electrons. The number of nitrogens with one attached hydrogen (secondary N) is 2. The quantitative estimate of drug-likeness (QED) is 0.604. The zero-order chi connectivity index (χ0) is 12.3. The zero-order valence-electron chi connectivity index (χ0n) is 10.1. The van der Waals surface area contributed by atoms with Gasteiger partial charge in [-0.2, -0.15) is 0 Å². The molecule has 0 atom stereocenters. The number of benzene rings is 1. The number of amides is 2. The second kappa shape index (κ2) is 8.23. The van der Waals surface area contributed by atoms with Gasteiger partial charge in [-0.25, -0.2) is 4.79 Å². The Kier molecular flexibility index (Phi) is 6.35. The Morgan fingerprint density at radius 2 is 2.00 bits per heavy atom. The van der Waals surface area contributed by atoms with E-state index in [-0.39, 0.29) is 6.03 Å². The number of hydrogen-bond donors (Lipinski definition) is 2. The molecule has 0 heterocycles. The summed E-state index contributed by atoms with van der Waals surface area (Å²) >= 11 is 0. The first-order chi connectivity index (χ1) is 8.33. The summed E-state index contributed by atoms with van der Waals surface area (Å²) in [6.07, 6.45) is 2.08. The summed E-state index contributed by atoms with van der Waals surface area (Å²) < 4.78 is 0. The number of carbonyl (C=O) groups excluding carboxylic acids is 1. The van der Waals surface area contributed by atoms with E-state index < -0.39 is 0 Å². The van der Waals surface area contributed by atoms with E-state index in [1.807, 2.05) is 30.3 Å². The highest BCUT2D eigenvalue weighted by Crippen LogP contribution is 1.94. The number of hydrogen-bond acceptors (Lipinski definition) is 1. The van der Waals surface area contributed by atoms with Crippen molar-refractivity contribution in [2.75, 3.05) is 13.1 Å². The van der Waals surface area contributed by atoms with Gasteiger partial charge in [0.1, 0.15) is 0 Å². The lowest BCUT2D eigenvalue weighted by molar-refractivity contribution is 0.242. The van der Waals surface area contributed by atoms with E-state index in [1.165, 1.54) is 0 Å². The summed E-state index contributed by atoms with van der Waals surface area (Å²) in [5.74, 6) is 5.88. The lowest BCUT2D eigenvalue weighted by Gasteiger charge is -2.03. The molecule has 0 saturated heterocycles. The van der Waals surface area contributed by atoms with Gasteiger partial charge in [0, 0.05) is 12.1 Å². The molecule has 0 aromatic heterocycles. The summed E-state index contributed by atoms with van der Waals surface area (Å²) in [5, 5.41) is 5.45. The predicted molar refractivity (Wildman–Crippen MR) is 69.6 cm³/mol. The van der Waals surface area contributed by atoms with E-state index in [1.54, 1.807) is 0 Å². The van der Waals surface area contributed by atoms with Crippen molar-refractivity contribution in [1.29, 1.82) is 0 Å². The van der Waals surface area contributed by atoms with Crippen molar-refractivity contribution in [2.45, 2.75) is 19.8 Å². The highest BCUT2D eigenvalue weighted by molar-refractivity contribution is 5.74. The highest BCUT2D eigenvalue weighted by Gasteiger charge is 1.94. The fourth-order valence-corrected chi connectivity index (χ4v) is 1.23. The molecule has 0 fully saturated rings. The monoisotopic (exact) mass is 230 g/mol. The van der Waals surface area contributed by atoms with Crippen molar-refractivity contribution in [3.63, 3.8) is 0 Å². The largest absolute Gasteiger partial charge is 0.338 e. The third-order valence-electron chi connectivity index (χ3n) is 2.16. The van der Waals surface area contributed by atoms with Crippen molar-refractivity contribution in [2.24, 2.45) is 0 Å². The molecule has 1 rings (SSSR count). The van der Waals surface area contributed by atoms with Gasteiger partial charge in [-0.05, 0) is 18.6 Å². The molecule has 2 amide bonds. The van der Waals surface area contributed by atoms with Crippen LogP contribution in [0.2, 0.25) is 0 Å². The molecule has 1 aromatic rings. The first-order valence-corrected chi connectivity index (χ1v) is 5.88. The van der Waals surface area contributed by atoms with Crippen LogP contribution >= 0.6 is 0 Å². The van der Waals surface area contributed by atoms with Crippen molar-refractivity contribution < 1.29 is 4.79 Å². The Morgan fingerprint density at radius 3 is 2.71 bits per heavy atom. The number of rotatable bonds is 4. The Morgan fingerprint density at radius 1 is 1.24 bits per heavy atom. The minimum Gasteiger partial charge on any atom is -0.338 e. The second-order valence-electron chi connectivity index (χ2n) is 3.63. The van der Waals surface area contributed by atoms with Crippen LogP contribution in [0.25, 0.3) is 0 Å². The summed E-state index contributed by atoms with van der Waals surface area (Å²) in [6, 6.07) is 9.55. The zero-order valence-corrected chi connectivity index (χ0v) is 10.1. The fraction of sp³-hybridized carbons (Fsp3) is 0.357. The third kappa shape index (κ3) is 6.26. The van der Waals surface area contributed by atoms with Gasteiger partial charge in [0.15, 0.2) is 0 Å². The van der Waals surface area contributed by atoms with E-state index >= 15 is 0 Å². The molecule has 0 aliphatic carbocycles. The second-order valence-corrected chi connectivity index (χ2v) is 3.63. The van der Waals surface area contributed by atoms with Crippen LogP contribution in [0.15, 0.2) is 30.3 Å². The molecule has 17 heavy (non-hydrogen) atoms. The van der Waals surface area contributed by atoms with Crippen LogP contribution < -0.4 is 10.6 Å². The van der Waals surface area contributed by atoms with Crippen LogP contribution in [0.3, 0.4) is 0 Å². The SMILES string of the molecule is CCCCNC(=O)NCC#Cc1ccccc1. The van der Waals surface area contributed by atoms with Crippen molar-refractivity contribution in [3.8, 4) is 11.8 Å². The van der Waals surface area contributed by atoms with Crippen LogP contribution in [0.1, 0.15) is 25.3 Å². The van der Waals surface area contributed by atoms with E-state index in [2.05, 4.69) is 29.4 Å². The van der Waals surface area contributed by atoms with Crippen LogP contribution in [-0.2, 0) is 0 Å². The smallest absolute Gasteiger partial charge is 0.315 e. The average molecular weight is 230 g/mol. The first-order valence-electron chi connectivity index (χ1n) is 5.88. The van der Waals surface area contributed by atoms with Crippen LogP contribution in [-0.4, -0.2) is 19.1 Å². The predicted octanol–water partition coefficient (Wildman–Crippen LogP) is 2.14. The molecule has 2 N–H and O–H groups in total. The maximum absolute atomic E-state index is 11.2. The van der Waals surface area contributed by atoms with Gasteiger partial charge in [-0.15, -0.1) is 0 Å². The van der Waals surface area contributed by atoms with Gasteiger partial charge >= 0.3 is 6.03 Å². The van der Waals surface area contributed by atoms with E-state index in [0.29, 0.717) is 13.1 Å². The van der Waals surface area contributed by atoms with Crippen molar-refractivity contribution >= 4 is 6.03 Å². The van der Waals surface area contributed by atoms with E-state index in [4.69, 9.17) is 0 Å². The summed E-state index contributed by atoms with van der Waals surface area (Å²) in [6.45, 7) is 3.17. The normalized spacial score (nSPS) is 9.00. The third-order valence-corrected chi connectivity index (χ3v) is 2.16. The van der Waals surface area contributed by atoms with Gasteiger partial charge in [-0.1, -0.05) is 43.4 Å². The van der Waals surface area contributed by atoms with Gasteiger partial charge < -0.3 is 10.6 Å². The topological polar surface area (TPSA) is 41.1 Å². The molecular weight excluding hydrogens is 212 g/mol. The minimum atomic E-state index is -0.152. The lowest BCUT2D eigenvalue weighted by atomic mass is 10.2. The summed E-state index contributed by atoms with van der Waals surface area (Å²) in [5.41, 5.74) is 0.959. The molecular formula is C14H18N2O. The summed E-state index contributed by atoms with van der Waals surface area (Å²) in [4.78, 5) is 11.2. The maximum Gasteiger partial charge on any atom is 0.315 e. The Hall–Kier alpha value is -1.95. The molecule has 0 saturated carbocycles. The first kappa shape index (κ1) is 13.1. The lowest BCUT2D eigenvalue weighted by Crippen LogP contribution is -2.36. The van der Waals surface area contributed by atoms with Gasteiger partial charge in [0.05, 0.1) is 6.54 Å². The Bertz CT molecular complexity index is 390. The molecule has 0 unspecified atom stereocenters. The standard InChI is InChI=1S/C14H18N2O/c1-2-3-11-15-14(17)16-12-7-10-13-8-5-4-6-9-13/h4-6,8-9H,2-3,11-12H2,1H3,(H2,15,16,17). The number of carbonyl (C=O) groups is 1. The molecule has 0 radical (unpaired) electrons. The number of urea groups is 1. The van der Waals surface area contributed by atoms with Gasteiger partial charge in [0.25, 0.3) is 0 Å². The molecule has 3 heteroatoms. The Labute approximate surface area is 103 Å². The van der Waals surface area contributed by atoms with Crippen LogP contribution in [0.5, 0.6) is 0 Å². The van der Waals surface area contributed by atoms with Crippen LogP contribution in [0.4, 0.5) is 4.79 Å². The van der Waals surface area contributed by atoms with E-state index in [9.17, 15) is 4.79 Å². The number of unbranched alkanes of at least 4 members (excludes halogenated alkanes) is 1. The summed E-state index contributed by atoms with van der Waals surface area (Å²) in [7, 11) is 0. The molecule has 0 aliphatic heterocycles. The molecule has 0 spiro atoms. The maximum atomic E-state index is 11.2. The molecule has 0 bridgehead atoms. The molecule has 1 aromatic carbocycles. The molecule has 3 nitrogen and oxygen atoms in total. The van der Waals surface area contributed by atoms with Crippen LogP contribution in [0, 0.1) is 11.8 Å². The average Bonchev–Trinajstić information content (AvgIpc) is 2.36. The molecule has 0 aliphatic rings. The van der Waals surface area contributed by atoms with E-state index in [0.717, 1.165) is 18.4 Å².